The number of aryl methyl sites for hydroxylation is 2. The first-order valence-corrected chi connectivity index (χ1v) is 8.27. The van der Waals surface area contributed by atoms with Gasteiger partial charge in [0.25, 0.3) is 0 Å². The van der Waals surface area contributed by atoms with Gasteiger partial charge in [0, 0.05) is 37.6 Å². The number of anilines is 2. The van der Waals surface area contributed by atoms with E-state index >= 15 is 0 Å². The van der Waals surface area contributed by atoms with Crippen LogP contribution in [0.25, 0.3) is 0 Å². The standard InChI is InChI=1S/C20H28N2.2ClH/c1-5-21(19-11-7-9-17(3)15-19)13-14-22(6-2)20-12-8-10-18(4)16-20;;/h7-12,15-16H,5-6,13-14H2,1-4H3;2*1H. The molecule has 2 aromatic rings. The van der Waals surface area contributed by atoms with Gasteiger partial charge in [-0.2, -0.15) is 0 Å². The first kappa shape index (κ1) is 22.6. The van der Waals surface area contributed by atoms with E-state index in [-0.39, 0.29) is 24.8 Å². The monoisotopic (exact) mass is 368 g/mol. The molecule has 4 heteroatoms. The van der Waals surface area contributed by atoms with Crippen LogP contribution in [0.4, 0.5) is 11.4 Å². The van der Waals surface area contributed by atoms with Crippen molar-refractivity contribution in [1.82, 2.24) is 0 Å². The molecule has 0 spiro atoms. The van der Waals surface area contributed by atoms with Crippen molar-refractivity contribution in [2.45, 2.75) is 27.7 Å². The fourth-order valence-electron chi connectivity index (χ4n) is 2.83. The largest absolute Gasteiger partial charge is 0.370 e. The molecule has 0 saturated carbocycles. The average Bonchev–Trinajstić information content (AvgIpc) is 2.52. The maximum Gasteiger partial charge on any atom is 0.0369 e. The molecule has 2 nitrogen and oxygen atoms in total. The van der Waals surface area contributed by atoms with Gasteiger partial charge >= 0.3 is 0 Å². The van der Waals surface area contributed by atoms with Crippen molar-refractivity contribution in [1.29, 1.82) is 0 Å². The van der Waals surface area contributed by atoms with Gasteiger partial charge in [0.1, 0.15) is 0 Å². The minimum atomic E-state index is 0. The highest BCUT2D eigenvalue weighted by Crippen LogP contribution is 2.18. The van der Waals surface area contributed by atoms with Gasteiger partial charge in [-0.15, -0.1) is 24.8 Å². The van der Waals surface area contributed by atoms with Crippen LogP contribution in [0.15, 0.2) is 48.5 Å². The molecule has 0 radical (unpaired) electrons. The number of hydrogen-bond donors (Lipinski definition) is 0. The zero-order valence-electron chi connectivity index (χ0n) is 15.2. The zero-order chi connectivity index (χ0) is 15.9. The summed E-state index contributed by atoms with van der Waals surface area (Å²) in [6, 6.07) is 17.6. The third kappa shape index (κ3) is 6.26. The highest BCUT2D eigenvalue weighted by atomic mass is 35.5. The zero-order valence-corrected chi connectivity index (χ0v) is 16.8. The summed E-state index contributed by atoms with van der Waals surface area (Å²) >= 11 is 0. The Morgan fingerprint density at radius 1 is 0.667 bits per heavy atom. The van der Waals surface area contributed by atoms with Crippen molar-refractivity contribution in [3.8, 4) is 0 Å². The number of hydrogen-bond acceptors (Lipinski definition) is 2. The Bertz CT molecular complexity index is 548. The summed E-state index contributed by atoms with van der Waals surface area (Å²) in [6.45, 7) is 12.9. The van der Waals surface area contributed by atoms with Crippen LogP contribution in [0.3, 0.4) is 0 Å². The number of benzene rings is 2. The van der Waals surface area contributed by atoms with Crippen molar-refractivity contribution in [2.75, 3.05) is 36.0 Å². The molecule has 2 rings (SSSR count). The van der Waals surface area contributed by atoms with Gasteiger partial charge in [-0.25, -0.2) is 0 Å². The summed E-state index contributed by atoms with van der Waals surface area (Å²) in [5.74, 6) is 0. The van der Waals surface area contributed by atoms with Gasteiger partial charge in [-0.1, -0.05) is 24.3 Å². The van der Waals surface area contributed by atoms with Gasteiger partial charge in [0.15, 0.2) is 0 Å². The van der Waals surface area contributed by atoms with Crippen LogP contribution in [0.2, 0.25) is 0 Å². The van der Waals surface area contributed by atoms with Gasteiger partial charge < -0.3 is 9.80 Å². The third-order valence-corrected chi connectivity index (χ3v) is 4.14. The summed E-state index contributed by atoms with van der Waals surface area (Å²) in [4.78, 5) is 4.90. The first-order valence-electron chi connectivity index (χ1n) is 8.27. The van der Waals surface area contributed by atoms with E-state index < -0.39 is 0 Å². The lowest BCUT2D eigenvalue weighted by atomic mass is 10.2. The molecule has 0 aliphatic rings. The van der Waals surface area contributed by atoms with Crippen molar-refractivity contribution in [3.05, 3.63) is 59.7 Å². The van der Waals surface area contributed by atoms with E-state index in [1.165, 1.54) is 22.5 Å². The second-order valence-electron chi connectivity index (χ2n) is 5.84. The predicted octanol–water partition coefficient (Wildman–Crippen LogP) is 5.50. The number of likely N-dealkylation sites (N-methyl/N-ethyl adjacent to an activating group) is 2. The van der Waals surface area contributed by atoms with Crippen molar-refractivity contribution in [2.24, 2.45) is 0 Å². The topological polar surface area (TPSA) is 6.48 Å². The van der Waals surface area contributed by atoms with Crippen LogP contribution in [0.1, 0.15) is 25.0 Å². The summed E-state index contributed by atoms with van der Waals surface area (Å²) in [5.41, 5.74) is 5.29. The Morgan fingerprint density at radius 3 is 1.33 bits per heavy atom. The molecule has 0 atom stereocenters. The molecule has 0 bridgehead atoms. The van der Waals surface area contributed by atoms with E-state index in [2.05, 4.69) is 86.0 Å². The van der Waals surface area contributed by atoms with E-state index in [1.807, 2.05) is 0 Å². The minimum absolute atomic E-state index is 0. The lowest BCUT2D eigenvalue weighted by molar-refractivity contribution is 0.753. The Labute approximate surface area is 159 Å². The highest BCUT2D eigenvalue weighted by molar-refractivity contribution is 5.85. The number of rotatable bonds is 7. The fourth-order valence-corrected chi connectivity index (χ4v) is 2.83. The summed E-state index contributed by atoms with van der Waals surface area (Å²) in [6.07, 6.45) is 0. The van der Waals surface area contributed by atoms with Crippen LogP contribution in [0.5, 0.6) is 0 Å². The Morgan fingerprint density at radius 2 is 1.04 bits per heavy atom. The van der Waals surface area contributed by atoms with Gasteiger partial charge in [0.05, 0.1) is 0 Å². The van der Waals surface area contributed by atoms with Gasteiger partial charge in [-0.05, 0) is 63.1 Å². The molecule has 2 aromatic carbocycles. The number of nitrogens with zero attached hydrogens (tertiary/aromatic N) is 2. The second-order valence-corrected chi connectivity index (χ2v) is 5.84. The maximum absolute atomic E-state index is 2.45. The van der Waals surface area contributed by atoms with E-state index in [1.54, 1.807) is 0 Å². The molecule has 0 amide bonds. The normalized spacial score (nSPS) is 9.67. The van der Waals surface area contributed by atoms with Crippen LogP contribution in [-0.2, 0) is 0 Å². The molecule has 0 N–H and O–H groups in total. The summed E-state index contributed by atoms with van der Waals surface area (Å²) in [5, 5.41) is 0. The number of halogens is 2. The highest BCUT2D eigenvalue weighted by Gasteiger charge is 2.09. The molecular formula is C20H30Cl2N2. The molecule has 0 fully saturated rings. The van der Waals surface area contributed by atoms with E-state index in [4.69, 9.17) is 0 Å². The van der Waals surface area contributed by atoms with Crippen molar-refractivity contribution >= 4 is 36.2 Å². The minimum Gasteiger partial charge on any atom is -0.370 e. The molecule has 134 valence electrons. The van der Waals surface area contributed by atoms with E-state index in [0.29, 0.717) is 0 Å². The van der Waals surface area contributed by atoms with Crippen LogP contribution < -0.4 is 9.80 Å². The fraction of sp³-hybridized carbons (Fsp3) is 0.400. The Hall–Kier alpha value is -1.38. The molecule has 0 aliphatic heterocycles. The van der Waals surface area contributed by atoms with E-state index in [9.17, 15) is 0 Å². The molecule has 0 heterocycles. The SMILES string of the molecule is CCN(CCN(CC)c1cccc(C)c1)c1cccc(C)c1.Cl.Cl. The average molecular weight is 369 g/mol. The molecule has 0 aromatic heterocycles. The van der Waals surface area contributed by atoms with Gasteiger partial charge in [0.2, 0.25) is 0 Å². The van der Waals surface area contributed by atoms with Crippen LogP contribution in [0, 0.1) is 13.8 Å². The third-order valence-electron chi connectivity index (χ3n) is 4.14. The smallest absolute Gasteiger partial charge is 0.0369 e. The Kier molecular flexibility index (Phi) is 10.6. The van der Waals surface area contributed by atoms with E-state index in [0.717, 1.165) is 26.2 Å². The summed E-state index contributed by atoms with van der Waals surface area (Å²) in [7, 11) is 0. The van der Waals surface area contributed by atoms with Crippen LogP contribution in [-0.4, -0.2) is 26.2 Å². The summed E-state index contributed by atoms with van der Waals surface area (Å²) < 4.78 is 0. The second kappa shape index (κ2) is 11.2. The first-order chi connectivity index (χ1) is 10.6. The van der Waals surface area contributed by atoms with Crippen molar-refractivity contribution < 1.29 is 0 Å². The predicted molar refractivity (Wildman–Crippen MR) is 113 cm³/mol. The van der Waals surface area contributed by atoms with Crippen LogP contribution >= 0.6 is 24.8 Å². The quantitative estimate of drug-likeness (QED) is 0.636. The van der Waals surface area contributed by atoms with Crippen molar-refractivity contribution in [3.63, 3.8) is 0 Å². The lowest BCUT2D eigenvalue weighted by Gasteiger charge is -2.29. The van der Waals surface area contributed by atoms with Gasteiger partial charge in [-0.3, -0.25) is 0 Å². The maximum atomic E-state index is 2.45. The molecule has 0 aliphatic carbocycles. The molecule has 24 heavy (non-hydrogen) atoms. The molecule has 0 unspecified atom stereocenters. The molecule has 0 saturated heterocycles. The molecular weight excluding hydrogens is 339 g/mol. The lowest BCUT2D eigenvalue weighted by Crippen LogP contribution is -2.35. The Balaban J connectivity index is 0.00000264.